The van der Waals surface area contributed by atoms with Crippen LogP contribution in [0.25, 0.3) is 0 Å². The second-order valence-corrected chi connectivity index (χ2v) is 8.33. The molecule has 0 bridgehead atoms. The van der Waals surface area contributed by atoms with Gasteiger partial charge in [0.1, 0.15) is 0 Å². The predicted octanol–water partition coefficient (Wildman–Crippen LogP) is 2.72. The summed E-state index contributed by atoms with van der Waals surface area (Å²) < 4.78 is 5.84. The minimum atomic E-state index is 0.399. The zero-order chi connectivity index (χ0) is 17.4. The molecule has 25 heavy (non-hydrogen) atoms. The van der Waals surface area contributed by atoms with Crippen molar-refractivity contribution in [3.05, 3.63) is 29.3 Å². The lowest BCUT2D eigenvalue weighted by Crippen LogP contribution is -2.47. The lowest BCUT2D eigenvalue weighted by Gasteiger charge is -2.36. The molecule has 4 heteroatoms. The third-order valence-electron chi connectivity index (χ3n) is 6.48. The summed E-state index contributed by atoms with van der Waals surface area (Å²) in [5.74, 6) is 0. The molecule has 0 aromatic heterocycles. The first kappa shape index (κ1) is 17.3. The van der Waals surface area contributed by atoms with Gasteiger partial charge in [0.2, 0.25) is 0 Å². The highest BCUT2D eigenvalue weighted by atomic mass is 16.5. The van der Waals surface area contributed by atoms with Crippen molar-refractivity contribution < 1.29 is 4.74 Å². The van der Waals surface area contributed by atoms with E-state index in [0.717, 1.165) is 13.2 Å². The summed E-state index contributed by atoms with van der Waals surface area (Å²) in [6, 6.07) is 8.66. The first-order valence-corrected chi connectivity index (χ1v) is 10.0. The van der Waals surface area contributed by atoms with E-state index in [2.05, 4.69) is 54.1 Å². The summed E-state index contributed by atoms with van der Waals surface area (Å²) >= 11 is 0. The monoisotopic (exact) mass is 343 g/mol. The summed E-state index contributed by atoms with van der Waals surface area (Å²) in [5, 5.41) is 3.96. The van der Waals surface area contributed by atoms with Crippen molar-refractivity contribution in [2.75, 3.05) is 37.7 Å². The molecule has 1 aromatic rings. The number of anilines is 1. The molecule has 3 fully saturated rings. The quantitative estimate of drug-likeness (QED) is 0.913. The Hall–Kier alpha value is -1.10. The van der Waals surface area contributed by atoms with E-state index in [1.54, 1.807) is 0 Å². The number of piperidine rings is 1. The predicted molar refractivity (Wildman–Crippen MR) is 103 cm³/mol. The average molecular weight is 344 g/mol. The maximum absolute atomic E-state index is 5.84. The molecular formula is C21H33N3O. The number of morpholine rings is 1. The molecule has 1 aromatic carbocycles. The number of ether oxygens (including phenoxy) is 1. The number of rotatable bonds is 3. The van der Waals surface area contributed by atoms with E-state index in [1.807, 2.05) is 0 Å². The number of benzene rings is 1. The van der Waals surface area contributed by atoms with Gasteiger partial charge in [0.15, 0.2) is 0 Å². The van der Waals surface area contributed by atoms with Crippen molar-refractivity contribution in [3.63, 3.8) is 0 Å². The van der Waals surface area contributed by atoms with Gasteiger partial charge in [-0.1, -0.05) is 12.1 Å². The topological polar surface area (TPSA) is 27.7 Å². The van der Waals surface area contributed by atoms with Crippen LogP contribution in [0.5, 0.6) is 0 Å². The molecule has 1 N–H and O–H groups in total. The summed E-state index contributed by atoms with van der Waals surface area (Å²) in [6.07, 6.45) is 4.16. The molecule has 138 valence electrons. The van der Waals surface area contributed by atoms with Gasteiger partial charge in [-0.25, -0.2) is 0 Å². The fraction of sp³-hybridized carbons (Fsp3) is 0.714. The van der Waals surface area contributed by atoms with Gasteiger partial charge < -0.3 is 15.0 Å². The normalized spacial score (nSPS) is 31.3. The van der Waals surface area contributed by atoms with E-state index >= 15 is 0 Å². The summed E-state index contributed by atoms with van der Waals surface area (Å²) in [7, 11) is 0. The fourth-order valence-corrected chi connectivity index (χ4v) is 4.86. The fourth-order valence-electron chi connectivity index (χ4n) is 4.86. The van der Waals surface area contributed by atoms with Crippen LogP contribution in [0.4, 0.5) is 5.69 Å². The number of nitrogens with zero attached hydrogens (tertiary/aromatic N) is 2. The van der Waals surface area contributed by atoms with Crippen molar-refractivity contribution in [2.24, 2.45) is 0 Å². The van der Waals surface area contributed by atoms with Gasteiger partial charge in [0.05, 0.1) is 12.7 Å². The number of hydrogen-bond donors (Lipinski definition) is 1. The van der Waals surface area contributed by atoms with Crippen molar-refractivity contribution in [3.8, 4) is 0 Å². The molecule has 4 nitrogen and oxygen atoms in total. The number of nitrogens with one attached hydrogen (secondary N) is 1. The number of aryl methyl sites for hydroxylation is 1. The van der Waals surface area contributed by atoms with Crippen LogP contribution in [-0.4, -0.2) is 61.9 Å². The number of fused-ring (bicyclic) bond motifs is 1. The molecule has 3 atom stereocenters. The Balaban J connectivity index is 1.29. The van der Waals surface area contributed by atoms with Gasteiger partial charge >= 0.3 is 0 Å². The SMILES string of the molecule is Cc1cccc(N2CCC(N[C@@H]3C[C@H]4CO[C@@H](C)CN4C3)CC2)c1C. The molecule has 0 radical (unpaired) electrons. The molecule has 4 rings (SSSR count). The average Bonchev–Trinajstić information content (AvgIpc) is 2.99. The van der Waals surface area contributed by atoms with Gasteiger partial charge in [-0.15, -0.1) is 0 Å². The molecule has 3 heterocycles. The molecule has 0 saturated carbocycles. The van der Waals surface area contributed by atoms with Crippen LogP contribution < -0.4 is 10.2 Å². The molecule has 3 saturated heterocycles. The first-order chi connectivity index (χ1) is 12.1. The zero-order valence-corrected chi connectivity index (χ0v) is 16.0. The van der Waals surface area contributed by atoms with Crippen LogP contribution in [0.1, 0.15) is 37.3 Å². The van der Waals surface area contributed by atoms with E-state index in [-0.39, 0.29) is 0 Å². The van der Waals surface area contributed by atoms with Crippen LogP contribution in [0.15, 0.2) is 18.2 Å². The van der Waals surface area contributed by atoms with E-state index in [9.17, 15) is 0 Å². The Labute approximate surface area is 152 Å². The third kappa shape index (κ3) is 3.71. The highest BCUT2D eigenvalue weighted by Gasteiger charge is 2.37. The highest BCUT2D eigenvalue weighted by molar-refractivity contribution is 5.56. The third-order valence-corrected chi connectivity index (χ3v) is 6.48. The second-order valence-electron chi connectivity index (χ2n) is 8.33. The van der Waals surface area contributed by atoms with E-state index in [1.165, 1.54) is 55.7 Å². The van der Waals surface area contributed by atoms with E-state index < -0.39 is 0 Å². The van der Waals surface area contributed by atoms with Crippen LogP contribution in [0.3, 0.4) is 0 Å². The highest BCUT2D eigenvalue weighted by Crippen LogP contribution is 2.27. The largest absolute Gasteiger partial charge is 0.376 e. The minimum absolute atomic E-state index is 0.399. The summed E-state index contributed by atoms with van der Waals surface area (Å²) in [5.41, 5.74) is 4.27. The summed E-state index contributed by atoms with van der Waals surface area (Å²) in [4.78, 5) is 5.21. The van der Waals surface area contributed by atoms with Crippen LogP contribution in [-0.2, 0) is 4.74 Å². The Morgan fingerprint density at radius 1 is 1.08 bits per heavy atom. The first-order valence-electron chi connectivity index (χ1n) is 10.0. The molecule has 3 aliphatic rings. The second kappa shape index (κ2) is 7.26. The van der Waals surface area contributed by atoms with Crippen molar-refractivity contribution in [1.29, 1.82) is 0 Å². The van der Waals surface area contributed by atoms with Gasteiger partial charge in [-0.05, 0) is 57.2 Å². The van der Waals surface area contributed by atoms with Crippen molar-refractivity contribution >= 4 is 5.69 Å². The maximum atomic E-state index is 5.84. The van der Waals surface area contributed by atoms with Gasteiger partial charge in [0, 0.05) is 50.0 Å². The molecule has 3 aliphatic heterocycles. The van der Waals surface area contributed by atoms with Crippen LogP contribution in [0, 0.1) is 13.8 Å². The van der Waals surface area contributed by atoms with E-state index in [4.69, 9.17) is 4.74 Å². The Bertz CT molecular complexity index is 597. The Morgan fingerprint density at radius 3 is 2.68 bits per heavy atom. The van der Waals surface area contributed by atoms with Gasteiger partial charge in [-0.2, -0.15) is 0 Å². The molecule has 0 unspecified atom stereocenters. The van der Waals surface area contributed by atoms with E-state index in [0.29, 0.717) is 24.2 Å². The summed E-state index contributed by atoms with van der Waals surface area (Å²) in [6.45, 7) is 12.2. The van der Waals surface area contributed by atoms with Gasteiger partial charge in [-0.3, -0.25) is 4.90 Å². The van der Waals surface area contributed by atoms with Crippen LogP contribution in [0.2, 0.25) is 0 Å². The lowest BCUT2D eigenvalue weighted by atomic mass is 10.0. The zero-order valence-electron chi connectivity index (χ0n) is 16.0. The smallest absolute Gasteiger partial charge is 0.0674 e. The minimum Gasteiger partial charge on any atom is -0.376 e. The Morgan fingerprint density at radius 2 is 1.88 bits per heavy atom. The molecular weight excluding hydrogens is 310 g/mol. The molecule has 0 spiro atoms. The maximum Gasteiger partial charge on any atom is 0.0674 e. The molecule has 0 aliphatic carbocycles. The Kier molecular flexibility index (Phi) is 5.03. The standard InChI is InChI=1S/C21H33N3O/c1-15-5-4-6-21(17(15)3)23-9-7-18(8-10-23)22-19-11-20-14-25-16(2)12-24(20)13-19/h4-6,16,18-20,22H,7-14H2,1-3H3/t16-,19+,20-/m0/s1. The van der Waals surface area contributed by atoms with Crippen molar-refractivity contribution in [2.45, 2.75) is 64.3 Å². The lowest BCUT2D eigenvalue weighted by molar-refractivity contribution is -0.0390. The van der Waals surface area contributed by atoms with Crippen LogP contribution >= 0.6 is 0 Å². The van der Waals surface area contributed by atoms with Crippen molar-refractivity contribution in [1.82, 2.24) is 10.2 Å². The number of hydrogen-bond acceptors (Lipinski definition) is 4. The van der Waals surface area contributed by atoms with Gasteiger partial charge in [0.25, 0.3) is 0 Å². The molecule has 0 amide bonds.